The van der Waals surface area contributed by atoms with Gasteiger partial charge in [0, 0.05) is 0 Å². The lowest BCUT2D eigenvalue weighted by Gasteiger charge is -2.25. The molecule has 9 nitrogen and oxygen atoms in total. The van der Waals surface area contributed by atoms with Gasteiger partial charge in [-0.3, -0.25) is 0 Å². The molecular formula is C40H53N3O6. The van der Waals surface area contributed by atoms with Gasteiger partial charge in [-0.15, -0.1) is 0 Å². The molecule has 4 aromatic rings. The van der Waals surface area contributed by atoms with Crippen molar-refractivity contribution in [1.29, 1.82) is 0 Å². The summed E-state index contributed by atoms with van der Waals surface area (Å²) in [5.74, 6) is 0.901. The predicted molar refractivity (Wildman–Crippen MR) is 196 cm³/mol. The van der Waals surface area contributed by atoms with E-state index >= 15 is 0 Å². The zero-order valence-electron chi connectivity index (χ0n) is 31.5. The van der Waals surface area contributed by atoms with E-state index in [1.807, 2.05) is 84.9 Å². The van der Waals surface area contributed by atoms with E-state index in [1.54, 1.807) is 21.0 Å². The van der Waals surface area contributed by atoms with Crippen molar-refractivity contribution >= 4 is 0 Å². The van der Waals surface area contributed by atoms with Gasteiger partial charge in [-0.25, -0.2) is 28.1 Å². The number of nitrogens with zero attached hydrogens (tertiary/aromatic N) is 3. The normalized spacial score (nSPS) is 12.4. The zero-order valence-corrected chi connectivity index (χ0v) is 31.5. The van der Waals surface area contributed by atoms with Gasteiger partial charge in [0.15, 0.2) is 0 Å². The van der Waals surface area contributed by atoms with Crippen molar-refractivity contribution < 1.29 is 14.9 Å². The molecule has 0 radical (unpaired) electrons. The minimum Gasteiger partial charge on any atom is -0.507 e. The second kappa shape index (κ2) is 13.1. The standard InChI is InChI=1S/C40H53N3O6/c1-23-26(14-17-29(32(23)44)38(4,5)6)20-41-35(46)42(21-27-15-18-30(39(7,8)9)33(45)24(27)2)37(48)43(36(41)47)22-28-16-19-31(40(10,11)12)34(49-13)25(28)3/h14-19,44-45H,20-22H2,1-13H3. The van der Waals surface area contributed by atoms with Crippen molar-refractivity contribution in [3.63, 3.8) is 0 Å². The maximum Gasteiger partial charge on any atom is 0.336 e. The number of rotatable bonds is 7. The fourth-order valence-corrected chi connectivity index (χ4v) is 6.39. The third-order valence-corrected chi connectivity index (χ3v) is 9.60. The summed E-state index contributed by atoms with van der Waals surface area (Å²) in [7, 11) is 1.60. The Hall–Kier alpha value is -4.53. The number of aromatic nitrogens is 3. The molecule has 0 aliphatic carbocycles. The molecule has 9 heteroatoms. The van der Waals surface area contributed by atoms with E-state index in [-0.39, 0.29) is 47.4 Å². The van der Waals surface area contributed by atoms with Crippen LogP contribution in [0.5, 0.6) is 17.2 Å². The molecule has 0 spiro atoms. The smallest absolute Gasteiger partial charge is 0.336 e. The van der Waals surface area contributed by atoms with Crippen LogP contribution in [0.25, 0.3) is 0 Å². The molecular weight excluding hydrogens is 618 g/mol. The molecule has 0 amide bonds. The molecule has 0 bridgehead atoms. The number of benzene rings is 3. The quantitative estimate of drug-likeness (QED) is 0.230. The minimum absolute atomic E-state index is 0.0923. The second-order valence-electron chi connectivity index (χ2n) is 16.3. The van der Waals surface area contributed by atoms with Gasteiger partial charge in [-0.05, 0) is 87.1 Å². The van der Waals surface area contributed by atoms with Gasteiger partial charge >= 0.3 is 17.1 Å². The molecule has 0 aliphatic rings. The summed E-state index contributed by atoms with van der Waals surface area (Å²) in [5.41, 5.74) is 3.12. The van der Waals surface area contributed by atoms with Crippen LogP contribution in [0.2, 0.25) is 0 Å². The Morgan fingerprint density at radius 1 is 0.510 bits per heavy atom. The van der Waals surface area contributed by atoms with Gasteiger partial charge in [0.2, 0.25) is 0 Å². The van der Waals surface area contributed by atoms with Gasteiger partial charge in [0.25, 0.3) is 0 Å². The third kappa shape index (κ3) is 7.12. The Balaban J connectivity index is 1.97. The summed E-state index contributed by atoms with van der Waals surface area (Å²) in [5, 5.41) is 22.2. The summed E-state index contributed by atoms with van der Waals surface area (Å²) >= 11 is 0. The van der Waals surface area contributed by atoms with Gasteiger partial charge in [-0.2, -0.15) is 0 Å². The van der Waals surface area contributed by atoms with Crippen LogP contribution < -0.4 is 21.8 Å². The summed E-state index contributed by atoms with van der Waals surface area (Å²) in [6.45, 7) is 23.3. The average Bonchev–Trinajstić information content (AvgIpc) is 2.98. The van der Waals surface area contributed by atoms with E-state index in [0.29, 0.717) is 33.6 Å². The first-order chi connectivity index (χ1) is 22.5. The first-order valence-corrected chi connectivity index (χ1v) is 16.8. The Bertz CT molecular complexity index is 1980. The van der Waals surface area contributed by atoms with Crippen molar-refractivity contribution in [2.75, 3.05) is 7.11 Å². The number of phenols is 2. The van der Waals surface area contributed by atoms with Crippen LogP contribution in [0.4, 0.5) is 0 Å². The maximum atomic E-state index is 14.2. The molecule has 0 atom stereocenters. The van der Waals surface area contributed by atoms with Crippen LogP contribution in [0.1, 0.15) is 112 Å². The largest absolute Gasteiger partial charge is 0.507 e. The lowest BCUT2D eigenvalue weighted by Crippen LogP contribution is -2.55. The van der Waals surface area contributed by atoms with Gasteiger partial charge < -0.3 is 14.9 Å². The van der Waals surface area contributed by atoms with E-state index in [1.165, 1.54) is 0 Å². The van der Waals surface area contributed by atoms with E-state index in [0.717, 1.165) is 36.0 Å². The molecule has 49 heavy (non-hydrogen) atoms. The Labute approximate surface area is 289 Å². The van der Waals surface area contributed by atoms with E-state index < -0.39 is 17.1 Å². The van der Waals surface area contributed by atoms with Crippen molar-refractivity contribution in [3.8, 4) is 17.2 Å². The molecule has 4 rings (SSSR count). The van der Waals surface area contributed by atoms with Crippen molar-refractivity contribution in [2.24, 2.45) is 0 Å². The van der Waals surface area contributed by atoms with Crippen LogP contribution in [0.3, 0.4) is 0 Å². The Morgan fingerprint density at radius 3 is 1.08 bits per heavy atom. The minimum atomic E-state index is -0.777. The molecule has 3 aromatic carbocycles. The highest BCUT2D eigenvalue weighted by molar-refractivity contribution is 5.50. The van der Waals surface area contributed by atoms with Crippen LogP contribution in [-0.4, -0.2) is 31.0 Å². The molecule has 0 fully saturated rings. The number of hydrogen-bond acceptors (Lipinski definition) is 6. The molecule has 1 heterocycles. The monoisotopic (exact) mass is 671 g/mol. The third-order valence-electron chi connectivity index (χ3n) is 9.60. The summed E-state index contributed by atoms with van der Waals surface area (Å²) in [6.07, 6.45) is 0. The number of ether oxygens (including phenoxy) is 1. The van der Waals surface area contributed by atoms with E-state index in [2.05, 4.69) is 20.8 Å². The Morgan fingerprint density at radius 2 is 0.796 bits per heavy atom. The highest BCUT2D eigenvalue weighted by Crippen LogP contribution is 2.37. The highest BCUT2D eigenvalue weighted by Gasteiger charge is 2.26. The Kier molecular flexibility index (Phi) is 9.94. The first kappa shape index (κ1) is 37.3. The lowest BCUT2D eigenvalue weighted by molar-refractivity contribution is 0.393. The van der Waals surface area contributed by atoms with Gasteiger partial charge in [-0.1, -0.05) is 98.7 Å². The predicted octanol–water partition coefficient (Wildman–Crippen LogP) is 6.55. The molecule has 1 aromatic heterocycles. The van der Waals surface area contributed by atoms with Crippen LogP contribution in [0, 0.1) is 20.8 Å². The highest BCUT2D eigenvalue weighted by atomic mass is 16.5. The summed E-state index contributed by atoms with van der Waals surface area (Å²) in [4.78, 5) is 42.5. The van der Waals surface area contributed by atoms with Crippen LogP contribution in [0.15, 0.2) is 50.8 Å². The average molecular weight is 672 g/mol. The first-order valence-electron chi connectivity index (χ1n) is 16.8. The second-order valence-corrected chi connectivity index (χ2v) is 16.3. The van der Waals surface area contributed by atoms with Crippen molar-refractivity contribution in [3.05, 3.63) is 118 Å². The number of phenolic OH excluding ortho intramolecular Hbond substituents is 2. The van der Waals surface area contributed by atoms with Gasteiger partial charge in [0.05, 0.1) is 26.7 Å². The topological polar surface area (TPSA) is 116 Å². The SMILES string of the molecule is COc1c(C(C)(C)C)ccc(Cn2c(=O)n(Cc3ccc(C(C)(C)C)c(O)c3C)c(=O)n(Cc3ccc(C(C)(C)C)c(O)c3C)c2=O)c1C. The molecule has 0 saturated carbocycles. The lowest BCUT2D eigenvalue weighted by atomic mass is 9.84. The maximum absolute atomic E-state index is 14.2. The fourth-order valence-electron chi connectivity index (χ4n) is 6.39. The van der Waals surface area contributed by atoms with Crippen molar-refractivity contribution in [2.45, 2.75) is 119 Å². The number of aromatic hydroxyl groups is 2. The van der Waals surface area contributed by atoms with Crippen molar-refractivity contribution in [1.82, 2.24) is 13.7 Å². The van der Waals surface area contributed by atoms with E-state index in [9.17, 15) is 24.6 Å². The van der Waals surface area contributed by atoms with Crippen LogP contribution >= 0.6 is 0 Å². The fraction of sp³-hybridized carbons (Fsp3) is 0.475. The van der Waals surface area contributed by atoms with Gasteiger partial charge in [0.1, 0.15) is 17.2 Å². The molecule has 2 N–H and O–H groups in total. The molecule has 264 valence electrons. The number of methoxy groups -OCH3 is 1. The van der Waals surface area contributed by atoms with E-state index in [4.69, 9.17) is 4.74 Å². The van der Waals surface area contributed by atoms with Crippen LogP contribution in [-0.2, 0) is 35.9 Å². The molecule has 0 unspecified atom stereocenters. The molecule has 0 aliphatic heterocycles. The zero-order chi connectivity index (χ0) is 37.0. The molecule has 0 saturated heterocycles. The summed E-state index contributed by atoms with van der Waals surface area (Å²) in [6, 6.07) is 11.1. The number of hydrogen-bond donors (Lipinski definition) is 2. The summed E-state index contributed by atoms with van der Waals surface area (Å²) < 4.78 is 8.99.